The lowest BCUT2D eigenvalue weighted by molar-refractivity contribution is -0.384. The predicted molar refractivity (Wildman–Crippen MR) is 122 cm³/mol. The number of nitro groups is 1. The number of anilines is 1. The maximum absolute atomic E-state index is 13.2. The highest BCUT2D eigenvalue weighted by Gasteiger charge is 2.34. The first-order valence-electron chi connectivity index (χ1n) is 9.98. The van der Waals surface area contributed by atoms with E-state index in [0.717, 1.165) is 27.3 Å². The van der Waals surface area contributed by atoms with E-state index in [9.17, 15) is 23.3 Å². The minimum atomic E-state index is -3.90. The molecule has 2 rings (SSSR count). The Morgan fingerprint density at radius 1 is 1.13 bits per heavy atom. The zero-order chi connectivity index (χ0) is 23.5. The van der Waals surface area contributed by atoms with Crippen LogP contribution in [0.1, 0.15) is 48.6 Å². The molecule has 0 aliphatic heterocycles. The van der Waals surface area contributed by atoms with Crippen molar-refractivity contribution in [3.05, 3.63) is 68.8 Å². The molecule has 0 aliphatic carbocycles. The third kappa shape index (κ3) is 5.61. The first kappa shape index (κ1) is 24.3. The lowest BCUT2D eigenvalue weighted by Crippen LogP contribution is -2.50. The van der Waals surface area contributed by atoms with E-state index in [0.29, 0.717) is 5.56 Å². The van der Waals surface area contributed by atoms with Gasteiger partial charge in [0.05, 0.1) is 22.9 Å². The van der Waals surface area contributed by atoms with E-state index in [1.807, 2.05) is 39.0 Å². The third-order valence-corrected chi connectivity index (χ3v) is 6.39. The summed E-state index contributed by atoms with van der Waals surface area (Å²) >= 11 is 0. The molecule has 0 unspecified atom stereocenters. The molecule has 9 heteroatoms. The zero-order valence-electron chi connectivity index (χ0n) is 18.7. The van der Waals surface area contributed by atoms with E-state index in [-0.39, 0.29) is 23.8 Å². The Morgan fingerprint density at radius 3 is 2.29 bits per heavy atom. The fraction of sp³-hybridized carbons (Fsp3) is 0.409. The smallest absolute Gasteiger partial charge is 0.271 e. The van der Waals surface area contributed by atoms with Gasteiger partial charge in [-0.2, -0.15) is 0 Å². The van der Waals surface area contributed by atoms with E-state index in [1.54, 1.807) is 13.8 Å². The van der Waals surface area contributed by atoms with Gasteiger partial charge in [-0.3, -0.25) is 19.2 Å². The van der Waals surface area contributed by atoms with Gasteiger partial charge < -0.3 is 5.32 Å². The monoisotopic (exact) mass is 447 g/mol. The Balaban J connectivity index is 2.45. The maximum atomic E-state index is 13.2. The van der Waals surface area contributed by atoms with Crippen LogP contribution in [0.5, 0.6) is 0 Å². The molecule has 8 nitrogen and oxygen atoms in total. The second-order valence-electron chi connectivity index (χ2n) is 7.80. The van der Waals surface area contributed by atoms with Gasteiger partial charge in [-0.15, -0.1) is 0 Å². The number of non-ortho nitro benzene ring substituents is 1. The lowest BCUT2D eigenvalue weighted by Gasteiger charge is -2.32. The topological polar surface area (TPSA) is 110 Å². The van der Waals surface area contributed by atoms with Gasteiger partial charge in [-0.1, -0.05) is 36.8 Å². The SMILES string of the molecule is CC[C@H](C(=O)N[C@@H](C)c1ccc(C)cc1C)N(c1cc([N+](=O)[O-])ccc1C)S(C)(=O)=O. The summed E-state index contributed by atoms with van der Waals surface area (Å²) in [5.41, 5.74) is 3.47. The van der Waals surface area contributed by atoms with Crippen LogP contribution in [0.2, 0.25) is 0 Å². The molecule has 31 heavy (non-hydrogen) atoms. The summed E-state index contributed by atoms with van der Waals surface area (Å²) < 4.78 is 26.4. The molecule has 0 saturated carbocycles. The average Bonchev–Trinajstić information content (AvgIpc) is 2.65. The lowest BCUT2D eigenvalue weighted by atomic mass is 10.00. The molecular weight excluding hydrogens is 418 g/mol. The number of nitro benzene ring substituents is 1. The molecule has 2 atom stereocenters. The van der Waals surface area contributed by atoms with Crippen molar-refractivity contribution in [1.82, 2.24) is 5.32 Å². The number of nitrogens with one attached hydrogen (secondary N) is 1. The molecule has 1 amide bonds. The van der Waals surface area contributed by atoms with E-state index in [2.05, 4.69) is 5.32 Å². The summed E-state index contributed by atoms with van der Waals surface area (Å²) in [6.45, 7) is 9.14. The van der Waals surface area contributed by atoms with Crippen LogP contribution in [0.25, 0.3) is 0 Å². The molecule has 2 aromatic rings. The van der Waals surface area contributed by atoms with Gasteiger partial charge in [-0.05, 0) is 50.8 Å². The van der Waals surface area contributed by atoms with Gasteiger partial charge in [0, 0.05) is 12.1 Å². The fourth-order valence-corrected chi connectivity index (χ4v) is 4.94. The number of benzene rings is 2. The number of nitrogens with zero attached hydrogens (tertiary/aromatic N) is 2. The van der Waals surface area contributed by atoms with Crippen molar-refractivity contribution in [2.75, 3.05) is 10.6 Å². The highest BCUT2D eigenvalue weighted by atomic mass is 32.2. The van der Waals surface area contributed by atoms with Crippen molar-refractivity contribution in [2.45, 2.75) is 53.1 Å². The summed E-state index contributed by atoms with van der Waals surface area (Å²) in [6.07, 6.45) is 1.19. The van der Waals surface area contributed by atoms with Gasteiger partial charge in [-0.25, -0.2) is 8.42 Å². The molecule has 2 aromatic carbocycles. The largest absolute Gasteiger partial charge is 0.348 e. The number of amides is 1. The van der Waals surface area contributed by atoms with Gasteiger partial charge in [0.2, 0.25) is 15.9 Å². The number of hydrogen-bond donors (Lipinski definition) is 1. The van der Waals surface area contributed by atoms with Crippen LogP contribution in [0.3, 0.4) is 0 Å². The first-order valence-corrected chi connectivity index (χ1v) is 11.8. The molecule has 0 bridgehead atoms. The molecule has 0 heterocycles. The average molecular weight is 448 g/mol. The number of sulfonamides is 1. The summed E-state index contributed by atoms with van der Waals surface area (Å²) in [5.74, 6) is -0.466. The molecule has 0 spiro atoms. The first-order chi connectivity index (χ1) is 14.4. The Labute approximate surface area is 183 Å². The molecule has 0 aromatic heterocycles. The van der Waals surface area contributed by atoms with Crippen molar-refractivity contribution in [1.29, 1.82) is 0 Å². The Morgan fingerprint density at radius 2 is 1.77 bits per heavy atom. The molecular formula is C22H29N3O5S. The molecule has 0 saturated heterocycles. The third-order valence-electron chi connectivity index (χ3n) is 5.22. The van der Waals surface area contributed by atoms with Gasteiger partial charge in [0.15, 0.2) is 0 Å². The van der Waals surface area contributed by atoms with Crippen molar-refractivity contribution in [2.24, 2.45) is 0 Å². The number of aryl methyl sites for hydroxylation is 3. The number of carbonyl (C=O) groups is 1. The maximum Gasteiger partial charge on any atom is 0.271 e. The second kappa shape index (κ2) is 9.47. The molecule has 1 N–H and O–H groups in total. The Hall–Kier alpha value is -2.94. The van der Waals surface area contributed by atoms with Crippen LogP contribution in [0, 0.1) is 30.9 Å². The van der Waals surface area contributed by atoms with Crippen molar-refractivity contribution in [3.63, 3.8) is 0 Å². The summed E-state index contributed by atoms with van der Waals surface area (Å²) in [7, 11) is -3.90. The van der Waals surface area contributed by atoms with E-state index in [1.165, 1.54) is 18.2 Å². The van der Waals surface area contributed by atoms with Crippen molar-refractivity contribution < 1.29 is 18.1 Å². The second-order valence-corrected chi connectivity index (χ2v) is 9.66. The zero-order valence-corrected chi connectivity index (χ0v) is 19.5. The molecule has 0 radical (unpaired) electrons. The predicted octanol–water partition coefficient (Wildman–Crippen LogP) is 3.94. The van der Waals surface area contributed by atoms with E-state index < -0.39 is 26.9 Å². The minimum Gasteiger partial charge on any atom is -0.348 e. The van der Waals surface area contributed by atoms with Gasteiger partial charge in [0.25, 0.3) is 5.69 Å². The number of carbonyl (C=O) groups excluding carboxylic acids is 1. The molecule has 168 valence electrons. The highest BCUT2D eigenvalue weighted by Crippen LogP contribution is 2.30. The van der Waals surface area contributed by atoms with Crippen LogP contribution in [0.15, 0.2) is 36.4 Å². The van der Waals surface area contributed by atoms with Crippen LogP contribution in [0.4, 0.5) is 11.4 Å². The van der Waals surface area contributed by atoms with Crippen molar-refractivity contribution >= 4 is 27.3 Å². The number of hydrogen-bond acceptors (Lipinski definition) is 5. The molecule has 0 fully saturated rings. The van der Waals surface area contributed by atoms with Crippen molar-refractivity contribution in [3.8, 4) is 0 Å². The van der Waals surface area contributed by atoms with E-state index in [4.69, 9.17) is 0 Å². The van der Waals surface area contributed by atoms with Gasteiger partial charge in [0.1, 0.15) is 6.04 Å². The standard InChI is InChI=1S/C22H29N3O5S/c1-7-20(22(26)23-17(5)19-11-8-14(2)12-16(19)4)24(31(6,29)30)21-13-18(25(27)28)10-9-15(21)3/h8-13,17,20H,7H2,1-6H3,(H,23,26)/t17-,20+/m0/s1. The Bertz CT molecular complexity index is 1100. The minimum absolute atomic E-state index is 0.123. The van der Waals surface area contributed by atoms with Crippen LogP contribution >= 0.6 is 0 Å². The number of rotatable bonds is 8. The summed E-state index contributed by atoms with van der Waals surface area (Å²) in [4.78, 5) is 23.8. The van der Waals surface area contributed by atoms with Crippen LogP contribution in [-0.4, -0.2) is 31.5 Å². The summed E-state index contributed by atoms with van der Waals surface area (Å²) in [5, 5.41) is 14.1. The van der Waals surface area contributed by atoms with Gasteiger partial charge >= 0.3 is 0 Å². The fourth-order valence-electron chi connectivity index (χ4n) is 3.68. The normalized spacial score (nSPS) is 13.4. The van der Waals surface area contributed by atoms with E-state index >= 15 is 0 Å². The highest BCUT2D eigenvalue weighted by molar-refractivity contribution is 7.92. The van der Waals surface area contributed by atoms with Crippen LogP contribution < -0.4 is 9.62 Å². The Kier molecular flexibility index (Phi) is 7.43. The quantitative estimate of drug-likeness (QED) is 0.487. The van der Waals surface area contributed by atoms with Crippen LogP contribution in [-0.2, 0) is 14.8 Å². The molecule has 0 aliphatic rings. The summed E-state index contributed by atoms with van der Waals surface area (Å²) in [6, 6.07) is 8.51.